The Bertz CT molecular complexity index is 541. The van der Waals surface area contributed by atoms with Gasteiger partial charge in [-0.3, -0.25) is 4.79 Å². The number of aromatic nitrogens is 3. The second-order valence-electron chi connectivity index (χ2n) is 7.18. The second-order valence-corrected chi connectivity index (χ2v) is 7.18. The lowest BCUT2D eigenvalue weighted by atomic mass is 9.83. The van der Waals surface area contributed by atoms with Crippen molar-refractivity contribution in [3.8, 4) is 0 Å². The van der Waals surface area contributed by atoms with E-state index in [0.29, 0.717) is 17.7 Å². The summed E-state index contributed by atoms with van der Waals surface area (Å²) in [6.45, 7) is 5.63. The highest BCUT2D eigenvalue weighted by atomic mass is 16.2. The van der Waals surface area contributed by atoms with E-state index in [-0.39, 0.29) is 0 Å². The number of hydrogen-bond acceptors (Lipinski definition) is 4. The fraction of sp³-hybridized carbons (Fsp3) is 0.824. The first-order valence-corrected chi connectivity index (χ1v) is 8.95. The first-order chi connectivity index (χ1) is 11.1. The Morgan fingerprint density at radius 2 is 1.87 bits per heavy atom. The van der Waals surface area contributed by atoms with Gasteiger partial charge in [0.25, 0.3) is 0 Å². The maximum absolute atomic E-state index is 12.4. The van der Waals surface area contributed by atoms with E-state index in [1.54, 1.807) is 0 Å². The predicted octanol–water partition coefficient (Wildman–Crippen LogP) is 1.87. The van der Waals surface area contributed by atoms with Crippen LogP contribution < -0.4 is 0 Å². The molecule has 0 unspecified atom stereocenters. The van der Waals surface area contributed by atoms with Gasteiger partial charge >= 0.3 is 0 Å². The standard InChI is InChI=1S/C17H29N5O/c1-4-22-15(12-20(2)3)18-19-16(22)13-8-10-21(11-9-13)17(23)14-6-5-7-14/h13-14H,4-12H2,1-3H3. The Kier molecular flexibility index (Phi) is 4.99. The van der Waals surface area contributed by atoms with Crippen LogP contribution in [-0.4, -0.2) is 57.7 Å². The van der Waals surface area contributed by atoms with Crippen molar-refractivity contribution in [2.45, 2.75) is 58.0 Å². The number of carbonyl (C=O) groups is 1. The van der Waals surface area contributed by atoms with Crippen LogP contribution in [0.3, 0.4) is 0 Å². The number of nitrogens with zero attached hydrogens (tertiary/aromatic N) is 5. The summed E-state index contributed by atoms with van der Waals surface area (Å²) in [5, 5.41) is 8.88. The van der Waals surface area contributed by atoms with Crippen LogP contribution in [0.15, 0.2) is 0 Å². The Labute approximate surface area is 138 Å². The zero-order valence-corrected chi connectivity index (χ0v) is 14.7. The molecule has 128 valence electrons. The van der Waals surface area contributed by atoms with E-state index in [2.05, 4.69) is 45.6 Å². The van der Waals surface area contributed by atoms with Crippen LogP contribution in [-0.2, 0) is 17.9 Å². The molecule has 1 aliphatic heterocycles. The Morgan fingerprint density at radius 1 is 1.17 bits per heavy atom. The van der Waals surface area contributed by atoms with E-state index >= 15 is 0 Å². The van der Waals surface area contributed by atoms with Crippen LogP contribution >= 0.6 is 0 Å². The largest absolute Gasteiger partial charge is 0.342 e. The molecule has 3 rings (SSSR count). The van der Waals surface area contributed by atoms with Crippen LogP contribution in [0.2, 0.25) is 0 Å². The van der Waals surface area contributed by atoms with Crippen molar-refractivity contribution in [3.63, 3.8) is 0 Å². The molecule has 0 radical (unpaired) electrons. The summed E-state index contributed by atoms with van der Waals surface area (Å²) in [4.78, 5) is 16.6. The third kappa shape index (κ3) is 3.42. The van der Waals surface area contributed by atoms with Gasteiger partial charge in [0.05, 0.1) is 6.54 Å². The van der Waals surface area contributed by atoms with Gasteiger partial charge in [-0.25, -0.2) is 0 Å². The normalized spacial score (nSPS) is 20.1. The molecule has 1 aromatic heterocycles. The fourth-order valence-corrected chi connectivity index (χ4v) is 3.67. The van der Waals surface area contributed by atoms with Crippen molar-refractivity contribution in [1.82, 2.24) is 24.6 Å². The molecule has 1 saturated carbocycles. The monoisotopic (exact) mass is 319 g/mol. The third-order valence-electron chi connectivity index (χ3n) is 5.26. The molecule has 0 aromatic carbocycles. The Balaban J connectivity index is 1.63. The maximum atomic E-state index is 12.4. The van der Waals surface area contributed by atoms with Crippen LogP contribution in [0.4, 0.5) is 0 Å². The highest BCUT2D eigenvalue weighted by Gasteiger charge is 2.33. The lowest BCUT2D eigenvalue weighted by molar-refractivity contribution is -0.139. The van der Waals surface area contributed by atoms with E-state index in [1.807, 2.05) is 0 Å². The number of rotatable bonds is 5. The Morgan fingerprint density at radius 3 is 2.39 bits per heavy atom. The minimum Gasteiger partial charge on any atom is -0.342 e. The van der Waals surface area contributed by atoms with Crippen molar-refractivity contribution in [2.24, 2.45) is 5.92 Å². The average Bonchev–Trinajstić information content (AvgIpc) is 2.87. The quantitative estimate of drug-likeness (QED) is 0.831. The molecule has 6 heteroatoms. The van der Waals surface area contributed by atoms with E-state index in [1.165, 1.54) is 6.42 Å². The van der Waals surface area contributed by atoms with Crippen LogP contribution in [0.1, 0.15) is 56.6 Å². The molecule has 1 amide bonds. The molecule has 0 spiro atoms. The van der Waals surface area contributed by atoms with Crippen molar-refractivity contribution >= 4 is 5.91 Å². The van der Waals surface area contributed by atoms with Gasteiger partial charge in [0.1, 0.15) is 11.6 Å². The van der Waals surface area contributed by atoms with Gasteiger partial charge in [0.2, 0.25) is 5.91 Å². The van der Waals surface area contributed by atoms with Gasteiger partial charge in [-0.05, 0) is 46.7 Å². The topological polar surface area (TPSA) is 54.3 Å². The fourth-order valence-electron chi connectivity index (χ4n) is 3.67. The zero-order valence-electron chi connectivity index (χ0n) is 14.7. The minimum atomic E-state index is 0.317. The minimum absolute atomic E-state index is 0.317. The van der Waals surface area contributed by atoms with Crippen LogP contribution in [0.5, 0.6) is 0 Å². The maximum Gasteiger partial charge on any atom is 0.225 e. The third-order valence-corrected chi connectivity index (χ3v) is 5.26. The van der Waals surface area contributed by atoms with Crippen molar-refractivity contribution in [3.05, 3.63) is 11.6 Å². The summed E-state index contributed by atoms with van der Waals surface area (Å²) in [6.07, 6.45) is 5.44. The van der Waals surface area contributed by atoms with E-state index < -0.39 is 0 Å². The molecule has 0 N–H and O–H groups in total. The summed E-state index contributed by atoms with van der Waals surface area (Å²) >= 11 is 0. The second kappa shape index (κ2) is 6.99. The van der Waals surface area contributed by atoms with Gasteiger partial charge in [-0.15, -0.1) is 10.2 Å². The lowest BCUT2D eigenvalue weighted by Crippen LogP contribution is -2.43. The molecule has 0 atom stereocenters. The lowest BCUT2D eigenvalue weighted by Gasteiger charge is -2.36. The molecular formula is C17H29N5O. The summed E-state index contributed by atoms with van der Waals surface area (Å²) in [5.74, 6) is 3.29. The molecule has 2 heterocycles. The van der Waals surface area contributed by atoms with Crippen molar-refractivity contribution < 1.29 is 4.79 Å². The van der Waals surface area contributed by atoms with E-state index in [0.717, 1.165) is 63.5 Å². The smallest absolute Gasteiger partial charge is 0.225 e. The van der Waals surface area contributed by atoms with Gasteiger partial charge in [0.15, 0.2) is 0 Å². The molecule has 1 aromatic rings. The van der Waals surface area contributed by atoms with Crippen molar-refractivity contribution in [2.75, 3.05) is 27.2 Å². The summed E-state index contributed by atoms with van der Waals surface area (Å²) in [5.41, 5.74) is 0. The van der Waals surface area contributed by atoms with Gasteiger partial charge in [0, 0.05) is 31.5 Å². The summed E-state index contributed by atoms with van der Waals surface area (Å²) in [7, 11) is 4.11. The molecule has 6 nitrogen and oxygen atoms in total. The molecule has 2 aliphatic rings. The average molecular weight is 319 g/mol. The van der Waals surface area contributed by atoms with Gasteiger partial charge in [-0.1, -0.05) is 6.42 Å². The molecule has 2 fully saturated rings. The number of amides is 1. The number of carbonyl (C=O) groups excluding carboxylic acids is 1. The highest BCUT2D eigenvalue weighted by molar-refractivity contribution is 5.79. The highest BCUT2D eigenvalue weighted by Crippen LogP contribution is 2.32. The summed E-state index contributed by atoms with van der Waals surface area (Å²) in [6, 6.07) is 0. The molecule has 0 bridgehead atoms. The van der Waals surface area contributed by atoms with E-state index in [4.69, 9.17) is 0 Å². The van der Waals surface area contributed by atoms with Crippen LogP contribution in [0.25, 0.3) is 0 Å². The predicted molar refractivity (Wildman–Crippen MR) is 89.0 cm³/mol. The first-order valence-electron chi connectivity index (χ1n) is 8.95. The first kappa shape index (κ1) is 16.4. The molecular weight excluding hydrogens is 290 g/mol. The van der Waals surface area contributed by atoms with Crippen molar-refractivity contribution in [1.29, 1.82) is 0 Å². The van der Waals surface area contributed by atoms with Gasteiger partial charge < -0.3 is 14.4 Å². The Hall–Kier alpha value is -1.43. The zero-order chi connectivity index (χ0) is 16.4. The van der Waals surface area contributed by atoms with Gasteiger partial charge in [-0.2, -0.15) is 0 Å². The molecule has 1 aliphatic carbocycles. The van der Waals surface area contributed by atoms with Crippen LogP contribution in [0, 0.1) is 5.92 Å². The summed E-state index contributed by atoms with van der Waals surface area (Å²) < 4.78 is 2.26. The number of likely N-dealkylation sites (tertiary alicyclic amines) is 1. The molecule has 1 saturated heterocycles. The SMILES string of the molecule is CCn1c(CN(C)C)nnc1C1CCN(C(=O)C2CCC2)CC1. The van der Waals surface area contributed by atoms with E-state index in [9.17, 15) is 4.79 Å². The number of hydrogen-bond donors (Lipinski definition) is 0. The molecule has 23 heavy (non-hydrogen) atoms. The number of piperidine rings is 1.